The molecule has 0 fully saturated rings. The van der Waals surface area contributed by atoms with E-state index in [0.29, 0.717) is 11.7 Å². The summed E-state index contributed by atoms with van der Waals surface area (Å²) in [6.07, 6.45) is -1.14. The van der Waals surface area contributed by atoms with Crippen LogP contribution in [0.4, 0.5) is 19.6 Å². The number of carbonyl (C=O) groups is 2. The number of esters is 1. The van der Waals surface area contributed by atoms with Gasteiger partial charge in [0.2, 0.25) is 0 Å². The van der Waals surface area contributed by atoms with Crippen LogP contribution in [0, 0.1) is 0 Å². The fourth-order valence-corrected chi connectivity index (χ4v) is 3.41. The summed E-state index contributed by atoms with van der Waals surface area (Å²) in [4.78, 5) is 28.8. The van der Waals surface area contributed by atoms with Gasteiger partial charge in [-0.3, -0.25) is 4.79 Å². The maximum absolute atomic E-state index is 12.3. The fourth-order valence-electron chi connectivity index (χ4n) is 2.51. The van der Waals surface area contributed by atoms with E-state index < -0.39 is 24.6 Å². The fraction of sp³-hybridized carbons (Fsp3) is 0.190. The largest absolute Gasteiger partial charge is 0.448 e. The molecule has 32 heavy (non-hydrogen) atoms. The van der Waals surface area contributed by atoms with Crippen LogP contribution in [-0.4, -0.2) is 29.6 Å². The molecule has 0 spiro atoms. The Morgan fingerprint density at radius 2 is 1.94 bits per heavy atom. The molecule has 0 aliphatic carbocycles. The van der Waals surface area contributed by atoms with Gasteiger partial charge in [0.1, 0.15) is 5.75 Å². The van der Waals surface area contributed by atoms with E-state index in [1.807, 2.05) is 30.3 Å². The van der Waals surface area contributed by atoms with Gasteiger partial charge >= 0.3 is 12.6 Å². The lowest BCUT2D eigenvalue weighted by atomic mass is 10.2. The predicted octanol–water partition coefficient (Wildman–Crippen LogP) is 5.19. The highest BCUT2D eigenvalue weighted by Crippen LogP contribution is 2.29. The van der Waals surface area contributed by atoms with Crippen molar-refractivity contribution in [2.45, 2.75) is 26.2 Å². The van der Waals surface area contributed by atoms with E-state index >= 15 is 0 Å². The van der Waals surface area contributed by atoms with E-state index in [4.69, 9.17) is 16.3 Å². The van der Waals surface area contributed by atoms with Crippen LogP contribution in [0.25, 0.3) is 0 Å². The molecule has 11 heteroatoms. The Bertz CT molecular complexity index is 1080. The molecule has 0 saturated carbocycles. The van der Waals surface area contributed by atoms with Gasteiger partial charge in [-0.2, -0.15) is 8.78 Å². The third kappa shape index (κ3) is 6.63. The van der Waals surface area contributed by atoms with Crippen molar-refractivity contribution >= 4 is 45.6 Å². The van der Waals surface area contributed by atoms with Crippen LogP contribution in [0.3, 0.4) is 0 Å². The minimum absolute atomic E-state index is 0.0711. The molecule has 2 N–H and O–H groups in total. The number of nitrogens with zero attached hydrogens (tertiary/aromatic N) is 1. The van der Waals surface area contributed by atoms with Crippen LogP contribution in [0.15, 0.2) is 53.9 Å². The lowest BCUT2D eigenvalue weighted by molar-refractivity contribution is -0.123. The average Bonchev–Trinajstić information content (AvgIpc) is 3.24. The van der Waals surface area contributed by atoms with E-state index in [2.05, 4.69) is 20.4 Å². The first-order valence-corrected chi connectivity index (χ1v) is 10.6. The predicted molar refractivity (Wildman–Crippen MR) is 117 cm³/mol. The number of thiazole rings is 1. The lowest BCUT2D eigenvalue weighted by Gasteiger charge is -2.14. The van der Waals surface area contributed by atoms with E-state index in [-0.39, 0.29) is 22.2 Å². The Morgan fingerprint density at radius 3 is 2.62 bits per heavy atom. The number of hydrogen-bond acceptors (Lipinski definition) is 7. The molecule has 3 aromatic rings. The van der Waals surface area contributed by atoms with Gasteiger partial charge in [-0.25, -0.2) is 9.78 Å². The number of amides is 1. The van der Waals surface area contributed by atoms with Crippen molar-refractivity contribution in [3.05, 3.63) is 70.2 Å². The number of nitrogens with one attached hydrogen (secondary N) is 2. The van der Waals surface area contributed by atoms with Gasteiger partial charge in [0.05, 0.1) is 5.02 Å². The van der Waals surface area contributed by atoms with E-state index in [1.165, 1.54) is 41.8 Å². The summed E-state index contributed by atoms with van der Waals surface area (Å²) >= 11 is 7.10. The molecule has 1 aromatic heterocycles. The average molecular weight is 482 g/mol. The number of ether oxygens (including phenoxy) is 2. The Hall–Kier alpha value is -3.24. The molecule has 0 unspecified atom stereocenters. The number of halogens is 3. The molecule has 0 radical (unpaired) electrons. The number of rotatable bonds is 9. The highest BCUT2D eigenvalue weighted by molar-refractivity contribution is 7.13. The standard InChI is InChI=1S/C21H18ClF2N3O4S/c1-12(18(28)26-14-7-8-17(15(22)9-14)31-20(23)24)30-19(29)16-11-32-21(27-16)25-10-13-5-3-2-4-6-13/h2-9,11-12,20H,10H2,1H3,(H,25,27)(H,26,28)/t12-/m1/s1. The number of anilines is 2. The Balaban J connectivity index is 1.52. The van der Waals surface area contributed by atoms with Crippen LogP contribution >= 0.6 is 22.9 Å². The Labute approximate surface area is 191 Å². The normalized spacial score (nSPS) is 11.7. The summed E-state index contributed by atoms with van der Waals surface area (Å²) in [5.41, 5.74) is 1.36. The monoisotopic (exact) mass is 481 g/mol. The molecular formula is C21H18ClF2N3O4S. The Morgan fingerprint density at radius 1 is 1.19 bits per heavy atom. The molecule has 1 heterocycles. The first-order valence-electron chi connectivity index (χ1n) is 9.31. The molecule has 2 aromatic carbocycles. The summed E-state index contributed by atoms with van der Waals surface area (Å²) in [7, 11) is 0. The summed E-state index contributed by atoms with van der Waals surface area (Å²) in [5, 5.41) is 7.57. The molecular weight excluding hydrogens is 464 g/mol. The summed E-state index contributed by atoms with van der Waals surface area (Å²) < 4.78 is 34.0. The van der Waals surface area contributed by atoms with Gasteiger partial charge in [0, 0.05) is 17.6 Å². The van der Waals surface area contributed by atoms with Crippen molar-refractivity contribution in [1.29, 1.82) is 0 Å². The quantitative estimate of drug-likeness (QED) is 0.409. The van der Waals surface area contributed by atoms with Crippen LogP contribution in [-0.2, 0) is 16.1 Å². The second kappa shape index (κ2) is 10.9. The van der Waals surface area contributed by atoms with Crippen LogP contribution in [0.5, 0.6) is 5.75 Å². The van der Waals surface area contributed by atoms with Crippen molar-refractivity contribution < 1.29 is 27.8 Å². The smallest absolute Gasteiger partial charge is 0.387 e. The van der Waals surface area contributed by atoms with E-state index in [1.54, 1.807) is 0 Å². The third-order valence-electron chi connectivity index (χ3n) is 4.07. The second-order valence-corrected chi connectivity index (χ2v) is 7.70. The molecule has 3 rings (SSSR count). The van der Waals surface area contributed by atoms with Gasteiger partial charge in [0.25, 0.3) is 5.91 Å². The summed E-state index contributed by atoms with van der Waals surface area (Å²) in [6, 6.07) is 13.5. The van der Waals surface area contributed by atoms with Gasteiger partial charge < -0.3 is 20.1 Å². The zero-order valence-electron chi connectivity index (χ0n) is 16.7. The molecule has 1 atom stereocenters. The number of carbonyl (C=O) groups excluding carboxylic acids is 2. The minimum atomic E-state index is -3.02. The lowest BCUT2D eigenvalue weighted by Crippen LogP contribution is -2.30. The number of hydrogen-bond donors (Lipinski definition) is 2. The van der Waals surface area contributed by atoms with Crippen LogP contribution in [0.2, 0.25) is 5.02 Å². The molecule has 0 bridgehead atoms. The van der Waals surface area contributed by atoms with Crippen molar-refractivity contribution in [2.75, 3.05) is 10.6 Å². The molecule has 0 saturated heterocycles. The van der Waals surface area contributed by atoms with Crippen LogP contribution in [0.1, 0.15) is 23.0 Å². The topological polar surface area (TPSA) is 89.5 Å². The molecule has 0 aliphatic heterocycles. The first kappa shape index (κ1) is 23.4. The van der Waals surface area contributed by atoms with Gasteiger partial charge in [-0.1, -0.05) is 41.9 Å². The van der Waals surface area contributed by atoms with Crippen LogP contribution < -0.4 is 15.4 Å². The van der Waals surface area contributed by atoms with Crippen molar-refractivity contribution in [3.63, 3.8) is 0 Å². The summed E-state index contributed by atoms with van der Waals surface area (Å²) in [5.74, 6) is -1.61. The van der Waals surface area contributed by atoms with E-state index in [0.717, 1.165) is 5.56 Å². The van der Waals surface area contributed by atoms with Crippen molar-refractivity contribution in [1.82, 2.24) is 4.98 Å². The minimum Gasteiger partial charge on any atom is -0.448 e. The maximum atomic E-state index is 12.3. The molecule has 168 valence electrons. The first-order chi connectivity index (χ1) is 15.3. The van der Waals surface area contributed by atoms with Gasteiger partial charge in [-0.05, 0) is 30.7 Å². The Kier molecular flexibility index (Phi) is 7.96. The van der Waals surface area contributed by atoms with E-state index in [9.17, 15) is 18.4 Å². The zero-order chi connectivity index (χ0) is 23.1. The van der Waals surface area contributed by atoms with Gasteiger partial charge in [-0.15, -0.1) is 11.3 Å². The number of benzene rings is 2. The number of aromatic nitrogens is 1. The van der Waals surface area contributed by atoms with Crippen molar-refractivity contribution in [2.24, 2.45) is 0 Å². The summed E-state index contributed by atoms with van der Waals surface area (Å²) in [6.45, 7) is -1.08. The molecule has 0 aliphatic rings. The maximum Gasteiger partial charge on any atom is 0.387 e. The molecule has 7 nitrogen and oxygen atoms in total. The highest BCUT2D eigenvalue weighted by Gasteiger charge is 2.21. The van der Waals surface area contributed by atoms with Crippen molar-refractivity contribution in [3.8, 4) is 5.75 Å². The zero-order valence-corrected chi connectivity index (χ0v) is 18.3. The SMILES string of the molecule is C[C@@H](OC(=O)c1csc(NCc2ccccc2)n1)C(=O)Nc1ccc(OC(F)F)c(Cl)c1. The highest BCUT2D eigenvalue weighted by atomic mass is 35.5. The second-order valence-electron chi connectivity index (χ2n) is 6.44. The number of alkyl halides is 2. The molecule has 1 amide bonds. The van der Waals surface area contributed by atoms with Gasteiger partial charge in [0.15, 0.2) is 16.9 Å². The third-order valence-corrected chi connectivity index (χ3v) is 5.16.